The number of aromatic nitrogens is 2. The van der Waals surface area contributed by atoms with Gasteiger partial charge in [0.05, 0.1) is 12.8 Å². The van der Waals surface area contributed by atoms with E-state index in [1.807, 2.05) is 42.3 Å². The Morgan fingerprint density at radius 2 is 1.90 bits per heavy atom. The van der Waals surface area contributed by atoms with Gasteiger partial charge in [0, 0.05) is 48.4 Å². The number of anilines is 1. The number of amides is 1. The number of carbonyl (C=O) groups excluding carboxylic acids is 1. The van der Waals surface area contributed by atoms with Crippen LogP contribution in [0.1, 0.15) is 20.9 Å². The highest BCUT2D eigenvalue weighted by Gasteiger charge is 2.23. The molecule has 7 heteroatoms. The van der Waals surface area contributed by atoms with E-state index in [1.165, 1.54) is 4.88 Å². The normalized spacial score (nSPS) is 14.2. The molecule has 1 saturated heterocycles. The Labute approximate surface area is 174 Å². The number of rotatable bonds is 4. The Kier molecular flexibility index (Phi) is 5.49. The van der Waals surface area contributed by atoms with E-state index >= 15 is 0 Å². The van der Waals surface area contributed by atoms with Crippen LogP contribution in [0.5, 0.6) is 5.75 Å². The highest BCUT2D eigenvalue weighted by Crippen LogP contribution is 2.28. The summed E-state index contributed by atoms with van der Waals surface area (Å²) < 4.78 is 5.23. The number of hydrogen-bond acceptors (Lipinski definition) is 6. The lowest BCUT2D eigenvalue weighted by atomic mass is 10.1. The number of pyridine rings is 1. The van der Waals surface area contributed by atoms with Crippen LogP contribution in [0.15, 0.2) is 42.6 Å². The van der Waals surface area contributed by atoms with E-state index in [4.69, 9.17) is 4.74 Å². The van der Waals surface area contributed by atoms with Crippen molar-refractivity contribution in [3.63, 3.8) is 0 Å². The predicted octanol–water partition coefficient (Wildman–Crippen LogP) is 3.79. The molecule has 1 aliphatic rings. The first-order chi connectivity index (χ1) is 14.0. The summed E-state index contributed by atoms with van der Waals surface area (Å²) in [5.74, 6) is 1.68. The fraction of sp³-hybridized carbons (Fsp3) is 0.318. The average molecular weight is 409 g/mol. The van der Waals surface area contributed by atoms with Gasteiger partial charge in [-0.1, -0.05) is 6.07 Å². The zero-order chi connectivity index (χ0) is 20.4. The van der Waals surface area contributed by atoms with Gasteiger partial charge in [0.1, 0.15) is 16.6 Å². The third-order valence-electron chi connectivity index (χ3n) is 5.23. The summed E-state index contributed by atoms with van der Waals surface area (Å²) in [7, 11) is 1.61. The molecule has 1 aliphatic heterocycles. The molecule has 0 N–H and O–H groups in total. The SMILES string of the molecule is COc1cccc(C(=O)N2CCN(c3ccc(-c4nc(C)c(C)s4)cn3)CC2)c1. The number of benzene rings is 1. The van der Waals surface area contributed by atoms with Crippen LogP contribution in [0.25, 0.3) is 10.6 Å². The Bertz CT molecular complexity index is 988. The molecular formula is C22H24N4O2S. The lowest BCUT2D eigenvalue weighted by molar-refractivity contribution is 0.0746. The summed E-state index contributed by atoms with van der Waals surface area (Å²) in [5, 5.41) is 1.01. The van der Waals surface area contributed by atoms with Crippen LogP contribution >= 0.6 is 11.3 Å². The number of ether oxygens (including phenoxy) is 1. The number of aryl methyl sites for hydroxylation is 2. The lowest BCUT2D eigenvalue weighted by Crippen LogP contribution is -2.49. The fourth-order valence-corrected chi connectivity index (χ4v) is 4.28. The van der Waals surface area contributed by atoms with Gasteiger partial charge >= 0.3 is 0 Å². The van der Waals surface area contributed by atoms with Crippen molar-refractivity contribution in [2.24, 2.45) is 0 Å². The minimum Gasteiger partial charge on any atom is -0.497 e. The van der Waals surface area contributed by atoms with E-state index in [9.17, 15) is 4.79 Å². The smallest absolute Gasteiger partial charge is 0.254 e. The van der Waals surface area contributed by atoms with Crippen molar-refractivity contribution < 1.29 is 9.53 Å². The van der Waals surface area contributed by atoms with Crippen molar-refractivity contribution in [1.82, 2.24) is 14.9 Å². The quantitative estimate of drug-likeness (QED) is 0.657. The third-order valence-corrected chi connectivity index (χ3v) is 6.35. The first-order valence-electron chi connectivity index (χ1n) is 9.64. The number of nitrogens with zero attached hydrogens (tertiary/aromatic N) is 4. The topological polar surface area (TPSA) is 58.6 Å². The molecule has 1 aromatic carbocycles. The van der Waals surface area contributed by atoms with Gasteiger partial charge in [0.15, 0.2) is 0 Å². The molecule has 0 atom stereocenters. The molecule has 29 heavy (non-hydrogen) atoms. The number of carbonyl (C=O) groups is 1. The van der Waals surface area contributed by atoms with E-state index in [-0.39, 0.29) is 5.91 Å². The second-order valence-corrected chi connectivity index (χ2v) is 8.28. The van der Waals surface area contributed by atoms with Gasteiger partial charge in [-0.2, -0.15) is 0 Å². The number of thiazole rings is 1. The molecule has 0 unspecified atom stereocenters. The molecule has 0 saturated carbocycles. The number of methoxy groups -OCH3 is 1. The van der Waals surface area contributed by atoms with Crippen LogP contribution in [0.2, 0.25) is 0 Å². The van der Waals surface area contributed by atoms with Crippen LogP contribution in [0, 0.1) is 13.8 Å². The van der Waals surface area contributed by atoms with Gasteiger partial charge in [-0.25, -0.2) is 9.97 Å². The molecule has 1 fully saturated rings. The van der Waals surface area contributed by atoms with Gasteiger partial charge in [-0.05, 0) is 44.2 Å². The van der Waals surface area contributed by atoms with Crippen molar-refractivity contribution >= 4 is 23.1 Å². The van der Waals surface area contributed by atoms with Gasteiger partial charge in [0.2, 0.25) is 0 Å². The Morgan fingerprint density at radius 3 is 2.52 bits per heavy atom. The van der Waals surface area contributed by atoms with Crippen LogP contribution in [0.3, 0.4) is 0 Å². The first kappa shape index (κ1) is 19.4. The molecule has 3 aromatic rings. The molecular weight excluding hydrogens is 384 g/mol. The average Bonchev–Trinajstić information content (AvgIpc) is 3.12. The van der Waals surface area contributed by atoms with Crippen molar-refractivity contribution in [2.75, 3.05) is 38.2 Å². The lowest BCUT2D eigenvalue weighted by Gasteiger charge is -2.35. The van der Waals surface area contributed by atoms with Crippen LogP contribution < -0.4 is 9.64 Å². The summed E-state index contributed by atoms with van der Waals surface area (Å²) >= 11 is 1.70. The second kappa shape index (κ2) is 8.21. The largest absolute Gasteiger partial charge is 0.497 e. The summed E-state index contributed by atoms with van der Waals surface area (Å²) in [4.78, 5) is 27.4. The minimum atomic E-state index is 0.0429. The Hall–Kier alpha value is -2.93. The Morgan fingerprint density at radius 1 is 1.10 bits per heavy atom. The first-order valence-corrected chi connectivity index (χ1v) is 10.5. The highest BCUT2D eigenvalue weighted by atomic mass is 32.1. The zero-order valence-corrected chi connectivity index (χ0v) is 17.7. The minimum absolute atomic E-state index is 0.0429. The van der Waals surface area contributed by atoms with Gasteiger partial charge in [-0.3, -0.25) is 4.79 Å². The fourth-order valence-electron chi connectivity index (χ4n) is 3.37. The highest BCUT2D eigenvalue weighted by molar-refractivity contribution is 7.15. The molecule has 3 heterocycles. The van der Waals surface area contributed by atoms with Crippen LogP contribution in [-0.2, 0) is 0 Å². The molecule has 0 radical (unpaired) electrons. The molecule has 2 aromatic heterocycles. The van der Waals surface area contributed by atoms with Crippen molar-refractivity contribution in [3.8, 4) is 16.3 Å². The molecule has 6 nitrogen and oxygen atoms in total. The third kappa shape index (κ3) is 4.10. The standard InChI is InChI=1S/C22H24N4O2S/c1-15-16(2)29-21(24-15)18-7-8-20(23-14-18)25-9-11-26(12-10-25)22(27)17-5-4-6-19(13-17)28-3/h4-8,13-14H,9-12H2,1-3H3. The van der Waals surface area contributed by atoms with Crippen molar-refractivity contribution in [1.29, 1.82) is 0 Å². The maximum atomic E-state index is 12.8. The molecule has 0 bridgehead atoms. The maximum absolute atomic E-state index is 12.8. The van der Waals surface area contributed by atoms with Gasteiger partial charge in [-0.15, -0.1) is 11.3 Å². The molecule has 4 rings (SSSR count). The molecule has 150 valence electrons. The van der Waals surface area contributed by atoms with Gasteiger partial charge < -0.3 is 14.5 Å². The molecule has 1 amide bonds. The van der Waals surface area contributed by atoms with Crippen LogP contribution in [-0.4, -0.2) is 54.1 Å². The van der Waals surface area contributed by atoms with Crippen molar-refractivity contribution in [2.45, 2.75) is 13.8 Å². The number of piperazine rings is 1. The maximum Gasteiger partial charge on any atom is 0.254 e. The summed E-state index contributed by atoms with van der Waals surface area (Å²) in [6, 6.07) is 11.4. The number of hydrogen-bond donors (Lipinski definition) is 0. The van der Waals surface area contributed by atoms with E-state index in [0.29, 0.717) is 24.4 Å². The summed E-state index contributed by atoms with van der Waals surface area (Å²) in [5.41, 5.74) is 2.78. The monoisotopic (exact) mass is 408 g/mol. The summed E-state index contributed by atoms with van der Waals surface area (Å²) in [6.45, 7) is 6.98. The summed E-state index contributed by atoms with van der Waals surface area (Å²) in [6.07, 6.45) is 1.89. The second-order valence-electron chi connectivity index (χ2n) is 7.08. The van der Waals surface area contributed by atoms with E-state index < -0.39 is 0 Å². The van der Waals surface area contributed by atoms with E-state index in [1.54, 1.807) is 24.5 Å². The molecule has 0 aliphatic carbocycles. The molecule has 0 spiro atoms. The van der Waals surface area contributed by atoms with Gasteiger partial charge in [0.25, 0.3) is 5.91 Å². The zero-order valence-electron chi connectivity index (χ0n) is 16.9. The van der Waals surface area contributed by atoms with Crippen molar-refractivity contribution in [3.05, 3.63) is 58.7 Å². The predicted molar refractivity (Wildman–Crippen MR) is 116 cm³/mol. The van der Waals surface area contributed by atoms with E-state index in [2.05, 4.69) is 27.9 Å². The van der Waals surface area contributed by atoms with Crippen LogP contribution in [0.4, 0.5) is 5.82 Å². The van der Waals surface area contributed by atoms with E-state index in [0.717, 1.165) is 35.2 Å². The Balaban J connectivity index is 1.39.